The molecule has 0 aliphatic rings. The van der Waals surface area contributed by atoms with Gasteiger partial charge in [-0.25, -0.2) is 14.6 Å². The van der Waals surface area contributed by atoms with E-state index in [1.54, 1.807) is 15.3 Å². The van der Waals surface area contributed by atoms with Crippen molar-refractivity contribution in [3.8, 4) is 0 Å². The highest BCUT2D eigenvalue weighted by molar-refractivity contribution is 5.94. The van der Waals surface area contributed by atoms with Crippen LogP contribution in [0.3, 0.4) is 0 Å². The van der Waals surface area contributed by atoms with E-state index >= 15 is 0 Å². The number of hydrogen-bond acceptors (Lipinski definition) is 5. The van der Waals surface area contributed by atoms with E-state index in [0.29, 0.717) is 36.4 Å². The fourth-order valence-electron chi connectivity index (χ4n) is 3.61. The molecule has 0 bridgehead atoms. The lowest BCUT2D eigenvalue weighted by atomic mass is 10.2. The molecule has 8 nitrogen and oxygen atoms in total. The van der Waals surface area contributed by atoms with E-state index in [4.69, 9.17) is 0 Å². The number of para-hydroxylation sites is 1. The summed E-state index contributed by atoms with van der Waals surface area (Å²) in [5.41, 5.74) is 2.50. The SMILES string of the molecule is O=C(NCCn1ncc2c(=O)n(Cc3ccccc3)cnc21)c1ccc2ccccc2n1. The Morgan fingerprint density at radius 3 is 2.66 bits per heavy atom. The van der Waals surface area contributed by atoms with E-state index in [-0.39, 0.29) is 11.5 Å². The highest BCUT2D eigenvalue weighted by Gasteiger charge is 2.12. The number of fused-ring (bicyclic) bond motifs is 2. The topological polar surface area (TPSA) is 94.7 Å². The molecular weight excluding hydrogens is 404 g/mol. The first-order valence-corrected chi connectivity index (χ1v) is 10.3. The average Bonchev–Trinajstić information content (AvgIpc) is 3.25. The van der Waals surface area contributed by atoms with E-state index < -0.39 is 0 Å². The highest BCUT2D eigenvalue weighted by atomic mass is 16.2. The van der Waals surface area contributed by atoms with E-state index in [0.717, 1.165) is 16.5 Å². The molecule has 0 atom stereocenters. The van der Waals surface area contributed by atoms with Crippen LogP contribution >= 0.6 is 0 Å². The van der Waals surface area contributed by atoms with Crippen LogP contribution in [0, 0.1) is 0 Å². The Morgan fingerprint density at radius 2 is 1.78 bits per heavy atom. The van der Waals surface area contributed by atoms with E-state index in [1.807, 2.05) is 60.7 Å². The Morgan fingerprint density at radius 1 is 0.969 bits per heavy atom. The lowest BCUT2D eigenvalue weighted by molar-refractivity contribution is 0.0947. The molecule has 5 rings (SSSR count). The summed E-state index contributed by atoms with van der Waals surface area (Å²) in [5.74, 6) is -0.259. The van der Waals surface area contributed by atoms with Crippen LogP contribution in [0.15, 0.2) is 84.0 Å². The number of pyridine rings is 1. The maximum Gasteiger partial charge on any atom is 0.269 e. The second-order valence-corrected chi connectivity index (χ2v) is 7.41. The predicted molar refractivity (Wildman–Crippen MR) is 121 cm³/mol. The summed E-state index contributed by atoms with van der Waals surface area (Å²) in [5, 5.41) is 8.57. The van der Waals surface area contributed by atoms with Crippen molar-refractivity contribution in [3.63, 3.8) is 0 Å². The summed E-state index contributed by atoms with van der Waals surface area (Å²) >= 11 is 0. The lowest BCUT2D eigenvalue weighted by Crippen LogP contribution is -2.28. The van der Waals surface area contributed by atoms with Gasteiger partial charge in [-0.15, -0.1) is 0 Å². The first kappa shape index (κ1) is 19.6. The van der Waals surface area contributed by atoms with Crippen molar-refractivity contribution < 1.29 is 4.79 Å². The molecule has 8 heteroatoms. The lowest BCUT2D eigenvalue weighted by Gasteiger charge is -2.08. The van der Waals surface area contributed by atoms with Crippen molar-refractivity contribution in [2.45, 2.75) is 13.1 Å². The number of hydrogen-bond donors (Lipinski definition) is 1. The van der Waals surface area contributed by atoms with Gasteiger partial charge in [0.2, 0.25) is 0 Å². The summed E-state index contributed by atoms with van der Waals surface area (Å²) in [6.07, 6.45) is 3.06. The molecule has 3 heterocycles. The van der Waals surface area contributed by atoms with Gasteiger partial charge in [0.15, 0.2) is 5.65 Å². The number of rotatable bonds is 6. The third-order valence-corrected chi connectivity index (χ3v) is 5.26. The van der Waals surface area contributed by atoms with E-state index in [2.05, 4.69) is 20.4 Å². The molecule has 0 unspecified atom stereocenters. The van der Waals surface area contributed by atoms with Crippen molar-refractivity contribution in [1.29, 1.82) is 0 Å². The number of nitrogens with zero attached hydrogens (tertiary/aromatic N) is 5. The van der Waals surface area contributed by atoms with E-state index in [1.165, 1.54) is 12.5 Å². The van der Waals surface area contributed by atoms with Crippen LogP contribution in [0.5, 0.6) is 0 Å². The molecule has 158 valence electrons. The zero-order valence-corrected chi connectivity index (χ0v) is 17.2. The quantitative estimate of drug-likeness (QED) is 0.452. The van der Waals surface area contributed by atoms with E-state index in [9.17, 15) is 9.59 Å². The van der Waals surface area contributed by atoms with Crippen molar-refractivity contribution in [1.82, 2.24) is 29.6 Å². The molecule has 0 saturated carbocycles. The van der Waals surface area contributed by atoms with Gasteiger partial charge in [-0.2, -0.15) is 5.10 Å². The van der Waals surface area contributed by atoms with Crippen LogP contribution in [-0.4, -0.2) is 36.8 Å². The van der Waals surface area contributed by atoms with Crippen LogP contribution in [0.1, 0.15) is 16.1 Å². The van der Waals surface area contributed by atoms with Gasteiger partial charge in [0, 0.05) is 11.9 Å². The molecule has 5 aromatic rings. The highest BCUT2D eigenvalue weighted by Crippen LogP contribution is 2.12. The first-order chi connectivity index (χ1) is 15.7. The normalized spacial score (nSPS) is 11.1. The van der Waals surface area contributed by atoms with Gasteiger partial charge < -0.3 is 5.32 Å². The number of carbonyl (C=O) groups is 1. The number of aromatic nitrogens is 5. The van der Waals surface area contributed by atoms with Crippen LogP contribution in [-0.2, 0) is 13.1 Å². The van der Waals surface area contributed by atoms with Crippen LogP contribution < -0.4 is 10.9 Å². The van der Waals surface area contributed by atoms with Gasteiger partial charge in [-0.05, 0) is 17.7 Å². The van der Waals surface area contributed by atoms with Crippen molar-refractivity contribution in [2.24, 2.45) is 0 Å². The van der Waals surface area contributed by atoms with Gasteiger partial charge in [0.1, 0.15) is 17.4 Å². The Kier molecular flexibility index (Phi) is 5.17. The van der Waals surface area contributed by atoms with Gasteiger partial charge >= 0.3 is 0 Å². The molecule has 32 heavy (non-hydrogen) atoms. The average molecular weight is 424 g/mol. The Hall–Kier alpha value is -4.33. The summed E-state index contributed by atoms with van der Waals surface area (Å²) in [7, 11) is 0. The standard InChI is InChI=1S/C24H20N6O2/c31-23(21-11-10-18-8-4-5-9-20(18)28-21)25-12-13-30-22-19(14-27-30)24(32)29(16-26-22)15-17-6-2-1-3-7-17/h1-11,14,16H,12-13,15H2,(H,25,31). The maximum absolute atomic E-state index is 12.8. The molecule has 0 aliphatic heterocycles. The molecule has 3 aromatic heterocycles. The fraction of sp³-hybridized carbons (Fsp3) is 0.125. The minimum absolute atomic E-state index is 0.144. The minimum Gasteiger partial charge on any atom is -0.349 e. The smallest absolute Gasteiger partial charge is 0.269 e. The minimum atomic E-state index is -0.259. The van der Waals surface area contributed by atoms with Gasteiger partial charge in [-0.1, -0.05) is 54.6 Å². The molecule has 1 N–H and O–H groups in total. The summed E-state index contributed by atoms with van der Waals surface area (Å²) in [4.78, 5) is 34.1. The molecule has 0 radical (unpaired) electrons. The zero-order chi connectivity index (χ0) is 21.9. The maximum atomic E-state index is 12.8. The summed E-state index contributed by atoms with van der Waals surface area (Å²) < 4.78 is 3.19. The number of amides is 1. The third-order valence-electron chi connectivity index (χ3n) is 5.26. The Bertz CT molecular complexity index is 1470. The number of benzene rings is 2. The summed E-state index contributed by atoms with van der Waals surface area (Å²) in [6.45, 7) is 1.17. The molecule has 2 aromatic carbocycles. The van der Waals surface area contributed by atoms with Crippen molar-refractivity contribution in [2.75, 3.05) is 6.54 Å². The summed E-state index contributed by atoms with van der Waals surface area (Å²) in [6, 6.07) is 21.0. The van der Waals surface area contributed by atoms with Crippen molar-refractivity contribution >= 4 is 27.8 Å². The Labute approximate surface area is 183 Å². The zero-order valence-electron chi connectivity index (χ0n) is 17.2. The molecule has 1 amide bonds. The third kappa shape index (κ3) is 3.85. The monoisotopic (exact) mass is 424 g/mol. The first-order valence-electron chi connectivity index (χ1n) is 10.3. The van der Waals surface area contributed by atoms with Crippen LogP contribution in [0.25, 0.3) is 21.9 Å². The van der Waals surface area contributed by atoms with Gasteiger partial charge in [-0.3, -0.25) is 14.2 Å². The van der Waals surface area contributed by atoms with Gasteiger partial charge in [0.05, 0.1) is 24.8 Å². The molecule has 0 aliphatic carbocycles. The molecule has 0 spiro atoms. The van der Waals surface area contributed by atoms with Crippen LogP contribution in [0.4, 0.5) is 0 Å². The Balaban J connectivity index is 1.27. The number of nitrogens with one attached hydrogen (secondary N) is 1. The molecule has 0 saturated heterocycles. The second-order valence-electron chi connectivity index (χ2n) is 7.41. The molecule has 0 fully saturated rings. The second kappa shape index (κ2) is 8.43. The largest absolute Gasteiger partial charge is 0.349 e. The van der Waals surface area contributed by atoms with Gasteiger partial charge in [0.25, 0.3) is 11.5 Å². The predicted octanol–water partition coefficient (Wildman–Crippen LogP) is 2.62. The van der Waals surface area contributed by atoms with Crippen molar-refractivity contribution in [3.05, 3.63) is 101 Å². The fourth-order valence-corrected chi connectivity index (χ4v) is 3.61. The molecular formula is C24H20N6O2. The number of carbonyl (C=O) groups excluding carboxylic acids is 1. The van der Waals surface area contributed by atoms with Crippen LogP contribution in [0.2, 0.25) is 0 Å².